The van der Waals surface area contributed by atoms with E-state index in [1.54, 1.807) is 22.9 Å². The zero-order valence-electron chi connectivity index (χ0n) is 9.60. The van der Waals surface area contributed by atoms with Crippen LogP contribution in [0.25, 0.3) is 11.3 Å². The van der Waals surface area contributed by atoms with E-state index in [0.717, 1.165) is 6.42 Å². The van der Waals surface area contributed by atoms with Gasteiger partial charge in [-0.25, -0.2) is 9.07 Å². The predicted molar refractivity (Wildman–Crippen MR) is 61.6 cm³/mol. The normalized spacial score (nSPS) is 10.8. The number of hydrogen-bond donors (Lipinski definition) is 1. The van der Waals surface area contributed by atoms with E-state index in [2.05, 4.69) is 10.3 Å². The van der Waals surface area contributed by atoms with Gasteiger partial charge in [0.1, 0.15) is 11.5 Å². The first-order chi connectivity index (χ1) is 8.27. The van der Waals surface area contributed by atoms with E-state index in [1.807, 2.05) is 6.92 Å². The first-order valence-corrected chi connectivity index (χ1v) is 5.56. The van der Waals surface area contributed by atoms with Crippen molar-refractivity contribution in [2.75, 3.05) is 0 Å². The lowest BCUT2D eigenvalue weighted by atomic mass is 10.1. The average molecular weight is 235 g/mol. The maximum atomic E-state index is 13.7. The summed E-state index contributed by atoms with van der Waals surface area (Å²) in [5, 5.41) is 17.0. The quantitative estimate of drug-likeness (QED) is 0.881. The molecule has 0 aliphatic rings. The SMILES string of the molecule is CCCn1nnc(CO)c1-c1ccccc1F. The molecule has 5 heteroatoms. The number of aryl methyl sites for hydroxylation is 1. The average Bonchev–Trinajstić information content (AvgIpc) is 2.73. The minimum atomic E-state index is -0.332. The molecule has 2 rings (SSSR count). The molecule has 1 aromatic heterocycles. The van der Waals surface area contributed by atoms with Gasteiger partial charge in [0, 0.05) is 12.1 Å². The topological polar surface area (TPSA) is 50.9 Å². The molecule has 17 heavy (non-hydrogen) atoms. The molecule has 0 aliphatic heterocycles. The highest BCUT2D eigenvalue weighted by Crippen LogP contribution is 2.25. The molecule has 0 saturated carbocycles. The van der Waals surface area contributed by atoms with Crippen molar-refractivity contribution >= 4 is 0 Å². The first-order valence-electron chi connectivity index (χ1n) is 5.56. The van der Waals surface area contributed by atoms with Crippen LogP contribution in [-0.2, 0) is 13.2 Å². The van der Waals surface area contributed by atoms with E-state index < -0.39 is 0 Å². The van der Waals surface area contributed by atoms with Crippen molar-refractivity contribution in [1.82, 2.24) is 15.0 Å². The Morgan fingerprint density at radius 3 is 2.76 bits per heavy atom. The van der Waals surface area contributed by atoms with Crippen LogP contribution in [-0.4, -0.2) is 20.1 Å². The third-order valence-corrected chi connectivity index (χ3v) is 2.52. The molecule has 90 valence electrons. The number of aromatic nitrogens is 3. The van der Waals surface area contributed by atoms with Crippen LogP contribution in [0.5, 0.6) is 0 Å². The Labute approximate surface area is 98.7 Å². The molecule has 0 amide bonds. The molecule has 0 unspecified atom stereocenters. The van der Waals surface area contributed by atoms with Crippen LogP contribution in [0.1, 0.15) is 19.0 Å². The Hall–Kier alpha value is -1.75. The number of halogens is 1. The fourth-order valence-electron chi connectivity index (χ4n) is 1.77. The van der Waals surface area contributed by atoms with Crippen molar-refractivity contribution in [3.63, 3.8) is 0 Å². The largest absolute Gasteiger partial charge is 0.390 e. The van der Waals surface area contributed by atoms with Crippen LogP contribution in [0.2, 0.25) is 0 Å². The van der Waals surface area contributed by atoms with Gasteiger partial charge < -0.3 is 5.11 Å². The molecule has 0 aliphatic carbocycles. The van der Waals surface area contributed by atoms with Gasteiger partial charge in [0.25, 0.3) is 0 Å². The van der Waals surface area contributed by atoms with Gasteiger partial charge in [0.05, 0.1) is 12.3 Å². The molecule has 0 saturated heterocycles. The Bertz CT molecular complexity index is 510. The zero-order chi connectivity index (χ0) is 12.3. The Balaban J connectivity index is 2.56. The molecule has 1 N–H and O–H groups in total. The summed E-state index contributed by atoms with van der Waals surface area (Å²) in [6, 6.07) is 6.44. The maximum absolute atomic E-state index is 13.7. The number of aliphatic hydroxyl groups is 1. The van der Waals surface area contributed by atoms with Crippen molar-refractivity contribution in [1.29, 1.82) is 0 Å². The summed E-state index contributed by atoms with van der Waals surface area (Å²) >= 11 is 0. The third-order valence-electron chi connectivity index (χ3n) is 2.52. The van der Waals surface area contributed by atoms with Gasteiger partial charge >= 0.3 is 0 Å². The van der Waals surface area contributed by atoms with Crippen LogP contribution >= 0.6 is 0 Å². The number of rotatable bonds is 4. The molecule has 1 aromatic carbocycles. The zero-order valence-corrected chi connectivity index (χ0v) is 9.60. The molecule has 0 bridgehead atoms. The van der Waals surface area contributed by atoms with Crippen molar-refractivity contribution in [3.05, 3.63) is 35.8 Å². The van der Waals surface area contributed by atoms with Gasteiger partial charge in [-0.05, 0) is 18.6 Å². The summed E-state index contributed by atoms with van der Waals surface area (Å²) in [6.07, 6.45) is 0.871. The van der Waals surface area contributed by atoms with Crippen LogP contribution in [0.4, 0.5) is 4.39 Å². The molecule has 4 nitrogen and oxygen atoms in total. The number of hydrogen-bond acceptors (Lipinski definition) is 3. The second kappa shape index (κ2) is 5.05. The highest BCUT2D eigenvalue weighted by atomic mass is 19.1. The Morgan fingerprint density at radius 2 is 2.12 bits per heavy atom. The third kappa shape index (κ3) is 2.19. The minimum absolute atomic E-state index is 0.243. The fraction of sp³-hybridized carbons (Fsp3) is 0.333. The fourth-order valence-corrected chi connectivity index (χ4v) is 1.77. The van der Waals surface area contributed by atoms with E-state index in [-0.39, 0.29) is 12.4 Å². The lowest BCUT2D eigenvalue weighted by Crippen LogP contribution is -2.03. The lowest BCUT2D eigenvalue weighted by Gasteiger charge is -2.07. The molecular weight excluding hydrogens is 221 g/mol. The molecule has 0 spiro atoms. The number of benzene rings is 1. The Kier molecular flexibility index (Phi) is 3.49. The summed E-state index contributed by atoms with van der Waals surface area (Å²) in [5.74, 6) is -0.332. The van der Waals surface area contributed by atoms with E-state index in [0.29, 0.717) is 23.5 Å². The predicted octanol–water partition coefficient (Wildman–Crippen LogP) is 1.99. The van der Waals surface area contributed by atoms with Crippen LogP contribution in [0, 0.1) is 5.82 Å². The maximum Gasteiger partial charge on any atom is 0.132 e. The number of aliphatic hydroxyl groups excluding tert-OH is 1. The van der Waals surface area contributed by atoms with Gasteiger partial charge in [0.15, 0.2) is 0 Å². The van der Waals surface area contributed by atoms with E-state index in [1.165, 1.54) is 6.07 Å². The first kappa shape index (κ1) is 11.7. The highest BCUT2D eigenvalue weighted by molar-refractivity contribution is 5.62. The van der Waals surface area contributed by atoms with Gasteiger partial charge in [-0.3, -0.25) is 0 Å². The van der Waals surface area contributed by atoms with Crippen molar-refractivity contribution in [3.8, 4) is 11.3 Å². The molecule has 1 heterocycles. The van der Waals surface area contributed by atoms with Gasteiger partial charge in [0.2, 0.25) is 0 Å². The molecule has 0 atom stereocenters. The monoisotopic (exact) mass is 235 g/mol. The van der Waals surface area contributed by atoms with Crippen LogP contribution in [0.15, 0.2) is 24.3 Å². The highest BCUT2D eigenvalue weighted by Gasteiger charge is 2.16. The summed E-state index contributed by atoms with van der Waals surface area (Å²) < 4.78 is 15.4. The second-order valence-electron chi connectivity index (χ2n) is 3.75. The lowest BCUT2D eigenvalue weighted by molar-refractivity contribution is 0.277. The van der Waals surface area contributed by atoms with Gasteiger partial charge in [-0.2, -0.15) is 0 Å². The summed E-state index contributed by atoms with van der Waals surface area (Å²) in [6.45, 7) is 2.41. The molecule has 0 radical (unpaired) electrons. The van der Waals surface area contributed by atoms with E-state index in [9.17, 15) is 9.50 Å². The van der Waals surface area contributed by atoms with E-state index >= 15 is 0 Å². The summed E-state index contributed by atoms with van der Waals surface area (Å²) in [5.41, 5.74) is 1.39. The molecule has 0 fully saturated rings. The molecule has 2 aromatic rings. The van der Waals surface area contributed by atoms with Gasteiger partial charge in [-0.1, -0.05) is 24.3 Å². The minimum Gasteiger partial charge on any atom is -0.390 e. The standard InChI is InChI=1S/C12H14FN3O/c1-2-7-16-12(11(8-17)14-15-16)9-5-3-4-6-10(9)13/h3-6,17H,2,7-8H2,1H3. The molecular formula is C12H14FN3O. The van der Waals surface area contributed by atoms with Crippen LogP contribution < -0.4 is 0 Å². The van der Waals surface area contributed by atoms with Crippen LogP contribution in [0.3, 0.4) is 0 Å². The summed E-state index contributed by atoms with van der Waals surface area (Å²) in [4.78, 5) is 0. The number of nitrogens with zero attached hydrogens (tertiary/aromatic N) is 3. The van der Waals surface area contributed by atoms with E-state index in [4.69, 9.17) is 0 Å². The van der Waals surface area contributed by atoms with Crippen molar-refractivity contribution in [2.45, 2.75) is 26.5 Å². The summed E-state index contributed by atoms with van der Waals surface area (Å²) in [7, 11) is 0. The Morgan fingerprint density at radius 1 is 1.35 bits per heavy atom. The van der Waals surface area contributed by atoms with Crippen molar-refractivity contribution in [2.24, 2.45) is 0 Å². The van der Waals surface area contributed by atoms with Crippen molar-refractivity contribution < 1.29 is 9.50 Å². The smallest absolute Gasteiger partial charge is 0.132 e. The second-order valence-corrected chi connectivity index (χ2v) is 3.75. The van der Waals surface area contributed by atoms with Gasteiger partial charge in [-0.15, -0.1) is 5.10 Å².